The summed E-state index contributed by atoms with van der Waals surface area (Å²) in [6.45, 7) is 9.77. The van der Waals surface area contributed by atoms with E-state index in [-0.39, 0.29) is 24.6 Å². The summed E-state index contributed by atoms with van der Waals surface area (Å²) in [7, 11) is 0. The quantitative estimate of drug-likeness (QED) is 0.813. The number of rotatable bonds is 1. The van der Waals surface area contributed by atoms with Gasteiger partial charge in [0.1, 0.15) is 5.60 Å². The number of ether oxygens (including phenoxy) is 1. The number of benzene rings is 1. The molecule has 0 bridgehead atoms. The van der Waals surface area contributed by atoms with E-state index in [1.165, 1.54) is 6.92 Å². The Hall–Kier alpha value is -2.12. The molecule has 1 saturated heterocycles. The second-order valence-electron chi connectivity index (χ2n) is 8.20. The van der Waals surface area contributed by atoms with E-state index >= 15 is 0 Å². The second-order valence-corrected chi connectivity index (χ2v) is 8.20. The van der Waals surface area contributed by atoms with Crippen LogP contribution >= 0.6 is 0 Å². The summed E-state index contributed by atoms with van der Waals surface area (Å²) >= 11 is 0. The molecule has 0 aliphatic carbocycles. The van der Waals surface area contributed by atoms with Crippen LogP contribution in [0.2, 0.25) is 0 Å². The molecule has 148 valence electrons. The highest BCUT2D eigenvalue weighted by atomic mass is 16.6. The Morgan fingerprint density at radius 1 is 1.11 bits per heavy atom. The number of amides is 2. The largest absolute Gasteiger partial charge is 0.444 e. The number of anilines is 1. The van der Waals surface area contributed by atoms with Gasteiger partial charge >= 0.3 is 6.09 Å². The van der Waals surface area contributed by atoms with Crippen LogP contribution in [-0.4, -0.2) is 71.3 Å². The van der Waals surface area contributed by atoms with E-state index in [1.54, 1.807) is 9.80 Å². The third-order valence-corrected chi connectivity index (χ3v) is 5.02. The van der Waals surface area contributed by atoms with Gasteiger partial charge in [-0.3, -0.25) is 9.69 Å². The molecule has 2 unspecified atom stereocenters. The van der Waals surface area contributed by atoms with Gasteiger partial charge in [-0.05, 0) is 32.4 Å². The highest BCUT2D eigenvalue weighted by molar-refractivity contribution is 5.93. The molecule has 7 heteroatoms. The van der Waals surface area contributed by atoms with Gasteiger partial charge in [-0.2, -0.15) is 0 Å². The molecule has 2 atom stereocenters. The van der Waals surface area contributed by atoms with E-state index in [2.05, 4.69) is 4.90 Å². The Labute approximate surface area is 160 Å². The third-order valence-electron chi connectivity index (χ3n) is 5.02. The number of carbonyl (C=O) groups is 2. The lowest BCUT2D eigenvalue weighted by atomic mass is 9.92. The number of para-hydroxylation sites is 1. The summed E-state index contributed by atoms with van der Waals surface area (Å²) in [6.07, 6.45) is -0.966. The maximum absolute atomic E-state index is 12.3. The maximum atomic E-state index is 12.3. The van der Waals surface area contributed by atoms with Gasteiger partial charge < -0.3 is 19.6 Å². The lowest BCUT2D eigenvalue weighted by Gasteiger charge is -2.45. The molecular weight excluding hydrogens is 346 g/mol. The third kappa shape index (κ3) is 4.25. The minimum Gasteiger partial charge on any atom is -0.444 e. The van der Waals surface area contributed by atoms with E-state index in [0.717, 1.165) is 11.3 Å². The van der Waals surface area contributed by atoms with E-state index in [4.69, 9.17) is 4.74 Å². The van der Waals surface area contributed by atoms with Gasteiger partial charge in [-0.25, -0.2) is 4.79 Å². The predicted molar refractivity (Wildman–Crippen MR) is 103 cm³/mol. The van der Waals surface area contributed by atoms with Crippen LogP contribution in [0.1, 0.15) is 39.3 Å². The van der Waals surface area contributed by atoms with Crippen molar-refractivity contribution < 1.29 is 19.4 Å². The first-order valence-electron chi connectivity index (χ1n) is 9.44. The highest BCUT2D eigenvalue weighted by Crippen LogP contribution is 2.38. The molecule has 1 aromatic rings. The number of fused-ring (bicyclic) bond motifs is 1. The van der Waals surface area contributed by atoms with Crippen molar-refractivity contribution in [2.45, 2.75) is 45.4 Å². The zero-order valence-electron chi connectivity index (χ0n) is 16.5. The van der Waals surface area contributed by atoms with Crippen LogP contribution in [0, 0.1) is 0 Å². The van der Waals surface area contributed by atoms with Crippen molar-refractivity contribution in [2.24, 2.45) is 0 Å². The van der Waals surface area contributed by atoms with Crippen LogP contribution in [0.3, 0.4) is 0 Å². The minimum atomic E-state index is -0.670. The van der Waals surface area contributed by atoms with Gasteiger partial charge in [-0.1, -0.05) is 18.2 Å². The average Bonchev–Trinajstić information content (AvgIpc) is 2.59. The van der Waals surface area contributed by atoms with Crippen molar-refractivity contribution in [3.05, 3.63) is 29.8 Å². The lowest BCUT2D eigenvalue weighted by molar-refractivity contribution is -0.117. The number of hydrogen-bond acceptors (Lipinski definition) is 5. The smallest absolute Gasteiger partial charge is 0.410 e. The Morgan fingerprint density at radius 2 is 1.74 bits per heavy atom. The number of β-amino-alcohol motifs (C(OH)–C–C–N with tert-alkyl or cyclic N) is 1. The van der Waals surface area contributed by atoms with Crippen molar-refractivity contribution >= 4 is 17.7 Å². The van der Waals surface area contributed by atoms with Crippen molar-refractivity contribution in [2.75, 3.05) is 37.6 Å². The number of nitrogens with zero attached hydrogens (tertiary/aromatic N) is 3. The van der Waals surface area contributed by atoms with Gasteiger partial charge in [0, 0.05) is 38.8 Å². The van der Waals surface area contributed by atoms with Crippen molar-refractivity contribution in [3.63, 3.8) is 0 Å². The Kier molecular flexibility index (Phi) is 5.44. The Balaban J connectivity index is 1.73. The topological polar surface area (TPSA) is 73.3 Å². The van der Waals surface area contributed by atoms with Gasteiger partial charge in [0.2, 0.25) is 5.91 Å². The first kappa shape index (κ1) is 19.6. The molecule has 2 heterocycles. The Morgan fingerprint density at radius 3 is 2.33 bits per heavy atom. The molecule has 0 spiro atoms. The summed E-state index contributed by atoms with van der Waals surface area (Å²) in [5, 5.41) is 10.8. The average molecular weight is 375 g/mol. The molecule has 1 fully saturated rings. The van der Waals surface area contributed by atoms with Crippen molar-refractivity contribution in [1.29, 1.82) is 0 Å². The highest BCUT2D eigenvalue weighted by Gasteiger charge is 2.39. The molecule has 3 rings (SSSR count). The van der Waals surface area contributed by atoms with E-state index in [9.17, 15) is 14.7 Å². The fourth-order valence-corrected chi connectivity index (χ4v) is 3.82. The molecule has 1 aromatic carbocycles. The van der Waals surface area contributed by atoms with Gasteiger partial charge in [-0.15, -0.1) is 0 Å². The van der Waals surface area contributed by atoms with Crippen LogP contribution in [0.5, 0.6) is 0 Å². The zero-order chi connectivity index (χ0) is 19.8. The minimum absolute atomic E-state index is 0.0744. The first-order chi connectivity index (χ1) is 12.7. The fourth-order valence-electron chi connectivity index (χ4n) is 3.82. The molecule has 0 saturated carbocycles. The van der Waals surface area contributed by atoms with Gasteiger partial charge in [0.15, 0.2) is 0 Å². The van der Waals surface area contributed by atoms with E-state index in [1.807, 2.05) is 45.0 Å². The summed E-state index contributed by atoms with van der Waals surface area (Å²) in [5.74, 6) is -0.0744. The van der Waals surface area contributed by atoms with Crippen molar-refractivity contribution in [1.82, 2.24) is 9.80 Å². The number of aliphatic hydroxyl groups excluding tert-OH is 1. The number of piperazine rings is 1. The van der Waals surface area contributed by atoms with Crippen LogP contribution in [0.25, 0.3) is 0 Å². The van der Waals surface area contributed by atoms with Crippen molar-refractivity contribution in [3.8, 4) is 0 Å². The van der Waals surface area contributed by atoms with Gasteiger partial charge in [0.05, 0.1) is 18.7 Å². The fraction of sp³-hybridized carbons (Fsp3) is 0.600. The van der Waals surface area contributed by atoms with Gasteiger partial charge in [0.25, 0.3) is 0 Å². The number of hydrogen-bond donors (Lipinski definition) is 1. The monoisotopic (exact) mass is 375 g/mol. The molecular formula is C20H29N3O4. The molecule has 7 nitrogen and oxygen atoms in total. The summed E-state index contributed by atoms with van der Waals surface area (Å²) in [4.78, 5) is 29.8. The molecule has 2 amide bonds. The summed E-state index contributed by atoms with van der Waals surface area (Å²) in [5.41, 5.74) is 1.30. The normalized spacial score (nSPS) is 23.7. The molecule has 2 aliphatic rings. The lowest BCUT2D eigenvalue weighted by Crippen LogP contribution is -2.55. The summed E-state index contributed by atoms with van der Waals surface area (Å²) < 4.78 is 5.45. The van der Waals surface area contributed by atoms with E-state index in [0.29, 0.717) is 26.2 Å². The molecule has 2 aliphatic heterocycles. The Bertz CT molecular complexity index is 707. The summed E-state index contributed by atoms with van der Waals surface area (Å²) in [6, 6.07) is 7.55. The maximum Gasteiger partial charge on any atom is 0.410 e. The number of aliphatic hydroxyl groups is 1. The molecule has 1 N–H and O–H groups in total. The number of carbonyl (C=O) groups excluding carboxylic acids is 2. The molecule has 27 heavy (non-hydrogen) atoms. The van der Waals surface area contributed by atoms with Crippen LogP contribution in [-0.2, 0) is 9.53 Å². The standard InChI is InChI=1S/C20H29N3O4/c1-14(24)23-13-17(25)18(15-7-5-6-8-16(15)23)21-9-11-22(12-10-21)19(26)27-20(2,3)4/h5-8,17-18,25H,9-13H2,1-4H3. The van der Waals surface area contributed by atoms with Crippen LogP contribution < -0.4 is 4.90 Å². The first-order valence-corrected chi connectivity index (χ1v) is 9.44. The van der Waals surface area contributed by atoms with E-state index < -0.39 is 11.7 Å². The SMILES string of the molecule is CC(=O)N1CC(O)C(N2CCN(C(=O)OC(C)(C)C)CC2)c2ccccc21. The molecule has 0 aromatic heterocycles. The second kappa shape index (κ2) is 7.48. The zero-order valence-corrected chi connectivity index (χ0v) is 16.5. The van der Waals surface area contributed by atoms with Crippen LogP contribution in [0.15, 0.2) is 24.3 Å². The molecule has 0 radical (unpaired) electrons. The van der Waals surface area contributed by atoms with Crippen LogP contribution in [0.4, 0.5) is 10.5 Å². The predicted octanol–water partition coefficient (Wildman–Crippen LogP) is 2.01.